The van der Waals surface area contributed by atoms with E-state index in [9.17, 15) is 43.8 Å². The lowest BCUT2D eigenvalue weighted by Gasteiger charge is -2.37. The average Bonchev–Trinajstić information content (AvgIpc) is 1.80. The number of primary amides is 1. The summed E-state index contributed by atoms with van der Waals surface area (Å²) in [5.41, 5.74) is 9.37. The summed E-state index contributed by atoms with van der Waals surface area (Å²) in [7, 11) is 6.82. The van der Waals surface area contributed by atoms with E-state index in [1.54, 1.807) is 149 Å². The minimum atomic E-state index is -1.58. The minimum absolute atomic E-state index is 0.0633. The Kier molecular flexibility index (Phi) is 39.2. The molecule has 7 aromatic rings. The molecule has 1 aliphatic heterocycles. The molecule has 1 saturated heterocycles. The number of unbranched alkanes of at least 4 members (excludes halogenated alkanes) is 1. The molecule has 1 aliphatic rings. The smallest absolute Gasteiger partial charge is 0.293 e. The molecule has 33 heteroatoms. The van der Waals surface area contributed by atoms with Crippen molar-refractivity contribution < 1.29 is 91.7 Å². The first-order valence-electron chi connectivity index (χ1n) is 43.3. The molecule has 0 bridgehead atoms. The molecule has 690 valence electrons. The lowest BCUT2D eigenvalue weighted by atomic mass is 9.84. The molecule has 32 nitrogen and oxygen atoms in total. The molecule has 0 unspecified atom stereocenters. The number of nitrogens with one attached hydrogen (secondary N) is 7. The maximum absolute atomic E-state index is 15.6. The third-order valence-corrected chi connectivity index (χ3v) is 24.0. The second kappa shape index (κ2) is 49.9. The van der Waals surface area contributed by atoms with Crippen LogP contribution in [0.2, 0.25) is 0 Å². The first kappa shape index (κ1) is 101. The number of phenols is 2. The van der Waals surface area contributed by atoms with Crippen molar-refractivity contribution in [2.75, 3.05) is 66.4 Å². The predicted octanol–water partition coefficient (Wildman–Crippen LogP) is 5.44. The molecule has 11 N–H and O–H groups in total. The van der Waals surface area contributed by atoms with Crippen molar-refractivity contribution in [3.05, 3.63) is 203 Å². The van der Waals surface area contributed by atoms with Gasteiger partial charge >= 0.3 is 0 Å². The summed E-state index contributed by atoms with van der Waals surface area (Å²) >= 11 is 0.882. The van der Waals surface area contributed by atoms with Gasteiger partial charge in [-0.3, -0.25) is 76.7 Å². The molecule has 2 heterocycles. The van der Waals surface area contributed by atoms with Crippen LogP contribution in [-0.2, 0) is 120 Å². The van der Waals surface area contributed by atoms with E-state index in [4.69, 9.17) is 10.5 Å². The van der Waals surface area contributed by atoms with Gasteiger partial charge in [-0.05, 0) is 88.4 Å². The molecule has 6 aromatic carbocycles. The number of Topliss-reactive ketones (excluding diaryl/α,β-unsaturated/α-hetero) is 3. The lowest BCUT2D eigenvalue weighted by Crippen LogP contribution is -2.59. The fourth-order valence-corrected chi connectivity index (χ4v) is 16.4. The van der Waals surface area contributed by atoms with Gasteiger partial charge in [-0.1, -0.05) is 181 Å². The zero-order chi connectivity index (χ0) is 94.1. The second-order valence-corrected chi connectivity index (χ2v) is 34.8. The fourth-order valence-electron chi connectivity index (χ4n) is 15.6. The fraction of sp³-hybridized carbons (Fsp3) is 0.438. The Morgan fingerprint density at radius 3 is 1.53 bits per heavy atom. The number of amides is 12. The van der Waals surface area contributed by atoms with E-state index in [0.29, 0.717) is 57.1 Å². The zero-order valence-electron chi connectivity index (χ0n) is 74.7. The average molecular weight is 1790 g/mol. The summed E-state index contributed by atoms with van der Waals surface area (Å²) in [6.45, 7) is 6.88. The number of thioether (sulfide) groups is 1. The Morgan fingerprint density at radius 2 is 0.977 bits per heavy atom. The highest BCUT2D eigenvalue weighted by Crippen LogP contribution is 2.28. The molecular weight excluding hydrogens is 1670 g/mol. The third-order valence-electron chi connectivity index (χ3n) is 22.9. The number of nitrogens with two attached hydrogens (primary N) is 1. The standard InChI is InChI=1S/C96H121N13O19S/c1-11-12-32-80-95(126)105(6)53-70(113)49-67(55-128-58-110)84(115)51-72(60(4)5)92(123)108(9)81(47-62-26-18-14-19-27-62)91(122)103-77(46-65-35-39-69(112)40-36-65)93(124)106(7)54-86(117)99-76(50-66-52-98-73-31-23-22-30-71(66)73)90(121)102-75(44-64-33-37-68(111)38-34-64)89(120)101-74(43-59(2)3)88(119)104-79(83(114)41-42-85(97)116)56-129-57-87(118)100-78(45-61-24-16-13-17-25-61)94(125)109(10)82(96(127)107(80)8)48-63-28-20-15-21-29-63/h13-31,33-40,52,58-60,67,72,74-82,98,111-112H,11-12,32,41-51,53-57H2,1-10H3,(H2,97,116)(H,99,117)(H,100,118)(H,101,120)(H,102,121)(H,103,122)(H,104,119)/t67-,72-,74-,75-,76-,77-,78-,79-,80-,81-,82-/m0/s1. The molecule has 0 radical (unpaired) electrons. The molecule has 0 saturated carbocycles. The number of likely N-dealkylation sites (N-methyl/N-ethyl adjacent to an activating group) is 5. The van der Waals surface area contributed by atoms with Crippen LogP contribution in [0.25, 0.3) is 10.9 Å². The zero-order valence-corrected chi connectivity index (χ0v) is 75.6. The van der Waals surface area contributed by atoms with Crippen molar-refractivity contribution in [3.8, 4) is 11.5 Å². The van der Waals surface area contributed by atoms with Gasteiger partial charge in [-0.2, -0.15) is 0 Å². The number of rotatable bonds is 25. The van der Waals surface area contributed by atoms with Crippen LogP contribution in [0.15, 0.2) is 170 Å². The van der Waals surface area contributed by atoms with Gasteiger partial charge in [0.2, 0.25) is 70.9 Å². The van der Waals surface area contributed by atoms with Crippen molar-refractivity contribution in [3.63, 3.8) is 0 Å². The highest BCUT2D eigenvalue weighted by molar-refractivity contribution is 8.00. The van der Waals surface area contributed by atoms with Crippen molar-refractivity contribution in [2.45, 2.75) is 179 Å². The normalized spacial score (nSPS) is 22.0. The third kappa shape index (κ3) is 30.9. The molecule has 8 rings (SSSR count). The Balaban J connectivity index is 1.21. The number of phenolic OH excluding ortho intramolecular Hbond substituents is 2. The van der Waals surface area contributed by atoms with E-state index in [0.717, 1.165) is 26.5 Å². The first-order chi connectivity index (χ1) is 61.5. The number of para-hydroxylation sites is 1. The molecule has 0 aliphatic carbocycles. The van der Waals surface area contributed by atoms with Gasteiger partial charge in [0.25, 0.3) is 6.47 Å². The van der Waals surface area contributed by atoms with Gasteiger partial charge in [0.05, 0.1) is 30.8 Å². The van der Waals surface area contributed by atoms with E-state index in [2.05, 4.69) is 36.9 Å². The van der Waals surface area contributed by atoms with E-state index in [-0.39, 0.29) is 81.0 Å². The first-order valence-corrected chi connectivity index (χ1v) is 44.5. The Bertz CT molecular complexity index is 5020. The Morgan fingerprint density at radius 1 is 0.496 bits per heavy atom. The van der Waals surface area contributed by atoms with Crippen LogP contribution in [0, 0.1) is 23.7 Å². The van der Waals surface area contributed by atoms with E-state index in [1.165, 1.54) is 93.6 Å². The van der Waals surface area contributed by atoms with Crippen LogP contribution in [-0.4, -0.2) is 255 Å². The number of aromatic nitrogens is 1. The number of aromatic amines is 1. The summed E-state index contributed by atoms with van der Waals surface area (Å²) in [5.74, 6) is -16.3. The number of ketones is 3. The van der Waals surface area contributed by atoms with E-state index in [1.807, 2.05) is 6.92 Å². The Hall–Kier alpha value is -13.1. The van der Waals surface area contributed by atoms with Gasteiger partial charge in [0.1, 0.15) is 72.2 Å². The van der Waals surface area contributed by atoms with Crippen LogP contribution in [0.1, 0.15) is 119 Å². The summed E-state index contributed by atoms with van der Waals surface area (Å²) in [4.78, 5) is 244. The maximum Gasteiger partial charge on any atom is 0.293 e. The monoisotopic (exact) mass is 1790 g/mol. The lowest BCUT2D eigenvalue weighted by molar-refractivity contribution is -0.151. The van der Waals surface area contributed by atoms with Crippen LogP contribution in [0.4, 0.5) is 0 Å². The number of hydrogen-bond donors (Lipinski definition) is 10. The predicted molar refractivity (Wildman–Crippen MR) is 485 cm³/mol. The van der Waals surface area contributed by atoms with Crippen LogP contribution >= 0.6 is 11.8 Å². The van der Waals surface area contributed by atoms with Gasteiger partial charge in [0.15, 0.2) is 11.6 Å². The van der Waals surface area contributed by atoms with E-state index < -0.39 is 211 Å². The van der Waals surface area contributed by atoms with Crippen LogP contribution < -0.4 is 37.6 Å². The molecule has 129 heavy (non-hydrogen) atoms. The molecule has 1 aromatic heterocycles. The number of benzene rings is 6. The number of ether oxygens (including phenoxy) is 1. The maximum atomic E-state index is 15.6. The van der Waals surface area contributed by atoms with Crippen molar-refractivity contribution >= 4 is 117 Å². The number of carbonyl (C=O) groups excluding carboxylic acids is 16. The number of nitrogens with zero attached hydrogens (tertiary/aromatic N) is 5. The highest BCUT2D eigenvalue weighted by atomic mass is 32.2. The number of fused-ring (bicyclic) bond motifs is 1. The topological polar surface area (TPSA) is 453 Å². The van der Waals surface area contributed by atoms with Crippen molar-refractivity contribution in [2.24, 2.45) is 29.4 Å². The quantitative estimate of drug-likeness (QED) is 0.0318. The molecule has 12 amide bonds. The van der Waals surface area contributed by atoms with Crippen molar-refractivity contribution in [1.82, 2.24) is 61.4 Å². The van der Waals surface area contributed by atoms with Crippen LogP contribution in [0.5, 0.6) is 11.5 Å². The molecular formula is C96H121N13O19S. The summed E-state index contributed by atoms with van der Waals surface area (Å²) in [5, 5.41) is 38.2. The van der Waals surface area contributed by atoms with Gasteiger partial charge in [-0.25, -0.2) is 0 Å². The van der Waals surface area contributed by atoms with Gasteiger partial charge in [-0.15, -0.1) is 11.8 Å². The minimum Gasteiger partial charge on any atom is -0.508 e. The number of hydrogen-bond acceptors (Lipinski definition) is 20. The van der Waals surface area contributed by atoms with Gasteiger partial charge < -0.3 is 82.1 Å². The Labute approximate surface area is 756 Å². The number of H-pyrrole nitrogens is 1. The number of carbonyl (C=O) groups is 16. The van der Waals surface area contributed by atoms with Crippen LogP contribution in [0.3, 0.4) is 0 Å². The largest absolute Gasteiger partial charge is 0.508 e. The summed E-state index contributed by atoms with van der Waals surface area (Å²) in [6, 6.07) is 31.8. The molecule has 0 spiro atoms. The highest BCUT2D eigenvalue weighted by Gasteiger charge is 2.42. The van der Waals surface area contributed by atoms with Crippen molar-refractivity contribution in [1.29, 1.82) is 0 Å². The second-order valence-electron chi connectivity index (χ2n) is 33.8. The van der Waals surface area contributed by atoms with Gasteiger partial charge in [0, 0.05) is 128 Å². The SMILES string of the molecule is CCCC[C@H]1C(=O)N(C)CC(=O)C[C@@H](COC=O)C(=O)C[C@@H](C(C)C)C(=O)N(C)[C@@H](Cc2ccccc2)C(=O)N[C@@H](Cc2ccc(O)cc2)C(=O)N(C)CC(=O)N[C@@H](Cc2c[nH]c3ccccc23)C(=O)N[C@@H](Cc2ccc(O)cc2)C(=O)N[C@@H](CC(C)C)C(=O)N[C@H](C(=O)CCC(N)=O)CSCC(=O)N[C@@H](Cc2ccccc2)C(=O)N(C)[C@@H](Cc2ccccc2)C(=O)N1C. The summed E-state index contributed by atoms with van der Waals surface area (Å²) < 4.78 is 5.16. The van der Waals surface area contributed by atoms with E-state index >= 15 is 43.2 Å². The molecule has 1 fully saturated rings. The number of aromatic hydroxyl groups is 2. The summed E-state index contributed by atoms with van der Waals surface area (Å²) in [6.07, 6.45) is -0.506. The molecule has 11 atom stereocenters.